The van der Waals surface area contributed by atoms with Crippen molar-refractivity contribution in [3.8, 4) is 0 Å². The third-order valence-electron chi connectivity index (χ3n) is 2.22. The van der Waals surface area contributed by atoms with Crippen LogP contribution in [0.25, 0.3) is 0 Å². The molecule has 0 aromatic carbocycles. The Morgan fingerprint density at radius 1 is 1.64 bits per heavy atom. The van der Waals surface area contributed by atoms with E-state index in [1.165, 1.54) is 0 Å². The second kappa shape index (κ2) is 4.00. The molecule has 0 saturated heterocycles. The van der Waals surface area contributed by atoms with E-state index in [2.05, 4.69) is 10.6 Å². The number of hydrogen-bond donors (Lipinski definition) is 2. The molecule has 3 nitrogen and oxygen atoms in total. The molecule has 1 aliphatic rings. The van der Waals surface area contributed by atoms with Gasteiger partial charge in [-0.15, -0.1) is 0 Å². The van der Waals surface area contributed by atoms with Gasteiger partial charge in [0.2, 0.25) is 5.91 Å². The highest BCUT2D eigenvalue weighted by Gasteiger charge is 2.25. The van der Waals surface area contributed by atoms with Crippen LogP contribution in [-0.2, 0) is 4.79 Å². The van der Waals surface area contributed by atoms with Crippen LogP contribution >= 0.6 is 11.3 Å². The summed E-state index contributed by atoms with van der Waals surface area (Å²) >= 11 is 1.63. The predicted molar refractivity (Wildman–Crippen MR) is 58.6 cm³/mol. The maximum Gasteiger partial charge on any atom is 0.242 e. The third kappa shape index (κ3) is 2.48. The van der Waals surface area contributed by atoms with Crippen LogP contribution in [0.1, 0.15) is 19.8 Å². The summed E-state index contributed by atoms with van der Waals surface area (Å²) in [6.45, 7) is 1.88. The highest BCUT2D eigenvalue weighted by atomic mass is 32.1. The van der Waals surface area contributed by atoms with E-state index in [0.29, 0.717) is 6.04 Å². The smallest absolute Gasteiger partial charge is 0.242 e. The summed E-state index contributed by atoms with van der Waals surface area (Å²) in [4.78, 5) is 11.5. The lowest BCUT2D eigenvalue weighted by molar-refractivity contribution is -0.121. The fraction of sp³-hybridized carbons (Fsp3) is 0.500. The lowest BCUT2D eigenvalue weighted by Crippen LogP contribution is -2.38. The van der Waals surface area contributed by atoms with Crippen LogP contribution in [0.5, 0.6) is 0 Å². The Hall–Kier alpha value is -1.03. The lowest BCUT2D eigenvalue weighted by Gasteiger charge is -2.13. The predicted octanol–water partition coefficient (Wildman–Crippen LogP) is 1.83. The van der Waals surface area contributed by atoms with Crippen LogP contribution in [0.3, 0.4) is 0 Å². The van der Waals surface area contributed by atoms with Gasteiger partial charge >= 0.3 is 0 Å². The molecule has 14 heavy (non-hydrogen) atoms. The first-order valence-electron chi connectivity index (χ1n) is 4.85. The third-order valence-corrected chi connectivity index (χ3v) is 2.90. The summed E-state index contributed by atoms with van der Waals surface area (Å²) in [5.41, 5.74) is 1.02. The van der Waals surface area contributed by atoms with E-state index in [4.69, 9.17) is 0 Å². The first-order valence-corrected chi connectivity index (χ1v) is 5.79. The van der Waals surface area contributed by atoms with Gasteiger partial charge in [0.1, 0.15) is 6.04 Å². The second-order valence-corrected chi connectivity index (χ2v) is 4.44. The first kappa shape index (κ1) is 9.52. The average Bonchev–Trinajstić information content (AvgIpc) is 2.81. The Kier molecular flexibility index (Phi) is 2.72. The lowest BCUT2D eigenvalue weighted by atomic mass is 10.3. The van der Waals surface area contributed by atoms with E-state index in [0.717, 1.165) is 18.5 Å². The fourth-order valence-corrected chi connectivity index (χ4v) is 1.81. The largest absolute Gasteiger partial charge is 0.373 e. The summed E-state index contributed by atoms with van der Waals surface area (Å²) in [6, 6.07) is 2.27. The zero-order chi connectivity index (χ0) is 9.97. The van der Waals surface area contributed by atoms with Gasteiger partial charge in [-0.2, -0.15) is 11.3 Å². The fourth-order valence-electron chi connectivity index (χ4n) is 1.22. The minimum absolute atomic E-state index is 0.0960. The topological polar surface area (TPSA) is 41.1 Å². The molecule has 1 aromatic rings. The van der Waals surface area contributed by atoms with Gasteiger partial charge < -0.3 is 10.6 Å². The molecule has 4 heteroatoms. The Bertz CT molecular complexity index is 306. The van der Waals surface area contributed by atoms with E-state index < -0.39 is 0 Å². The molecule has 1 atom stereocenters. The van der Waals surface area contributed by atoms with Crippen molar-refractivity contribution in [2.45, 2.75) is 31.8 Å². The van der Waals surface area contributed by atoms with Crippen molar-refractivity contribution in [2.24, 2.45) is 0 Å². The van der Waals surface area contributed by atoms with Gasteiger partial charge in [-0.25, -0.2) is 0 Å². The Morgan fingerprint density at radius 2 is 2.43 bits per heavy atom. The number of carbonyl (C=O) groups excluding carboxylic acids is 1. The molecule has 2 N–H and O–H groups in total. The van der Waals surface area contributed by atoms with Crippen LogP contribution in [0.4, 0.5) is 5.69 Å². The van der Waals surface area contributed by atoms with Gasteiger partial charge in [0.15, 0.2) is 0 Å². The minimum Gasteiger partial charge on any atom is -0.373 e. The maximum atomic E-state index is 11.5. The Balaban J connectivity index is 1.81. The molecule has 1 amide bonds. The molecule has 1 aliphatic carbocycles. The molecule has 1 fully saturated rings. The van der Waals surface area contributed by atoms with Crippen molar-refractivity contribution in [3.05, 3.63) is 16.8 Å². The first-order chi connectivity index (χ1) is 6.75. The molecule has 1 heterocycles. The van der Waals surface area contributed by atoms with E-state index in [1.807, 2.05) is 23.8 Å². The van der Waals surface area contributed by atoms with Crippen LogP contribution in [0, 0.1) is 0 Å². The van der Waals surface area contributed by atoms with Crippen molar-refractivity contribution in [3.63, 3.8) is 0 Å². The molecular formula is C10H14N2OS. The Labute approximate surface area is 87.5 Å². The molecule has 2 rings (SSSR count). The van der Waals surface area contributed by atoms with Crippen LogP contribution in [0.15, 0.2) is 16.8 Å². The van der Waals surface area contributed by atoms with Gasteiger partial charge in [0, 0.05) is 17.1 Å². The number of anilines is 1. The second-order valence-electron chi connectivity index (χ2n) is 3.66. The number of amides is 1. The summed E-state index contributed by atoms with van der Waals surface area (Å²) in [5, 5.41) is 10.1. The number of rotatable bonds is 4. The van der Waals surface area contributed by atoms with Crippen LogP contribution in [-0.4, -0.2) is 18.0 Å². The SMILES string of the molecule is CC(Nc1ccsc1)C(=O)NC1CC1. The van der Waals surface area contributed by atoms with E-state index in [-0.39, 0.29) is 11.9 Å². The highest BCUT2D eigenvalue weighted by molar-refractivity contribution is 7.08. The molecule has 1 aromatic heterocycles. The van der Waals surface area contributed by atoms with Gasteiger partial charge in [-0.1, -0.05) is 0 Å². The van der Waals surface area contributed by atoms with E-state index in [1.54, 1.807) is 11.3 Å². The number of carbonyl (C=O) groups is 1. The van der Waals surface area contributed by atoms with Crippen LogP contribution < -0.4 is 10.6 Å². The van der Waals surface area contributed by atoms with Crippen molar-refractivity contribution in [2.75, 3.05) is 5.32 Å². The molecule has 76 valence electrons. The van der Waals surface area contributed by atoms with Crippen molar-refractivity contribution < 1.29 is 4.79 Å². The van der Waals surface area contributed by atoms with Crippen LogP contribution in [0.2, 0.25) is 0 Å². The summed E-state index contributed by atoms with van der Waals surface area (Å²) in [5.74, 6) is 0.0960. The molecule has 1 saturated carbocycles. The zero-order valence-electron chi connectivity index (χ0n) is 8.12. The standard InChI is InChI=1S/C10H14N2OS/c1-7(10(13)12-8-2-3-8)11-9-4-5-14-6-9/h4-8,11H,2-3H2,1H3,(H,12,13). The highest BCUT2D eigenvalue weighted by Crippen LogP contribution is 2.19. The molecular weight excluding hydrogens is 196 g/mol. The van der Waals surface area contributed by atoms with Gasteiger partial charge in [0.25, 0.3) is 0 Å². The van der Waals surface area contributed by atoms with E-state index in [9.17, 15) is 4.79 Å². The quantitative estimate of drug-likeness (QED) is 0.796. The Morgan fingerprint density at radius 3 is 3.00 bits per heavy atom. The van der Waals surface area contributed by atoms with Crippen molar-refractivity contribution in [1.29, 1.82) is 0 Å². The molecule has 0 spiro atoms. The maximum absolute atomic E-state index is 11.5. The van der Waals surface area contributed by atoms with Gasteiger partial charge in [0.05, 0.1) is 0 Å². The number of nitrogens with one attached hydrogen (secondary N) is 2. The van der Waals surface area contributed by atoms with E-state index >= 15 is 0 Å². The molecule has 0 radical (unpaired) electrons. The zero-order valence-corrected chi connectivity index (χ0v) is 8.93. The number of thiophene rings is 1. The van der Waals surface area contributed by atoms with Gasteiger partial charge in [-0.3, -0.25) is 4.79 Å². The minimum atomic E-state index is -0.148. The monoisotopic (exact) mass is 210 g/mol. The normalized spacial score (nSPS) is 17.5. The summed E-state index contributed by atoms with van der Waals surface area (Å²) < 4.78 is 0. The summed E-state index contributed by atoms with van der Waals surface area (Å²) in [7, 11) is 0. The molecule has 1 unspecified atom stereocenters. The van der Waals surface area contributed by atoms with Gasteiger partial charge in [-0.05, 0) is 31.2 Å². The summed E-state index contributed by atoms with van der Waals surface area (Å²) in [6.07, 6.45) is 2.27. The average molecular weight is 210 g/mol. The van der Waals surface area contributed by atoms with Crippen molar-refractivity contribution in [1.82, 2.24) is 5.32 Å². The number of hydrogen-bond acceptors (Lipinski definition) is 3. The van der Waals surface area contributed by atoms with Crippen molar-refractivity contribution >= 4 is 22.9 Å². The molecule has 0 aliphatic heterocycles. The molecule has 0 bridgehead atoms.